The second-order valence-corrected chi connectivity index (χ2v) is 8.22. The van der Waals surface area contributed by atoms with Gasteiger partial charge in [-0.1, -0.05) is 19.3 Å². The molecule has 0 radical (unpaired) electrons. The van der Waals surface area contributed by atoms with E-state index >= 15 is 0 Å². The van der Waals surface area contributed by atoms with E-state index in [1.165, 1.54) is 32.1 Å². The summed E-state index contributed by atoms with van der Waals surface area (Å²) in [6.07, 6.45) is 6.74. The van der Waals surface area contributed by atoms with E-state index < -0.39 is 0 Å². The van der Waals surface area contributed by atoms with Crippen molar-refractivity contribution in [2.75, 3.05) is 72.7 Å². The number of rotatable bonds is 6. The highest BCUT2D eigenvalue weighted by molar-refractivity contribution is 14.0. The Balaban J connectivity index is 0.00000280. The molecule has 164 valence electrons. The van der Waals surface area contributed by atoms with Gasteiger partial charge in [-0.25, -0.2) is 0 Å². The molecule has 2 N–H and O–H groups in total. The maximum atomic E-state index is 5.88. The average Bonchev–Trinajstić information content (AvgIpc) is 2.71. The van der Waals surface area contributed by atoms with Gasteiger partial charge in [-0.3, -0.25) is 9.89 Å². The fourth-order valence-corrected chi connectivity index (χ4v) is 4.59. The van der Waals surface area contributed by atoms with Crippen molar-refractivity contribution in [2.45, 2.75) is 50.7 Å². The third kappa shape index (κ3) is 6.97. The zero-order valence-electron chi connectivity index (χ0n) is 17.8. The fourth-order valence-electron chi connectivity index (χ4n) is 4.59. The average molecular weight is 509 g/mol. The molecule has 3 aliphatic rings. The van der Waals surface area contributed by atoms with Crippen LogP contribution in [0.4, 0.5) is 0 Å². The fraction of sp³-hybridized carbons (Fsp3) is 0.950. The molecule has 0 aromatic carbocycles. The van der Waals surface area contributed by atoms with E-state index in [4.69, 9.17) is 14.5 Å². The summed E-state index contributed by atoms with van der Waals surface area (Å²) in [4.78, 5) is 10.0. The molecule has 1 aliphatic carbocycles. The first-order chi connectivity index (χ1) is 13.2. The lowest BCUT2D eigenvalue weighted by molar-refractivity contribution is -0.0334. The summed E-state index contributed by atoms with van der Waals surface area (Å²) < 4.78 is 11.5. The Morgan fingerprint density at radius 3 is 2.50 bits per heavy atom. The van der Waals surface area contributed by atoms with Gasteiger partial charge < -0.3 is 25.0 Å². The lowest BCUT2D eigenvalue weighted by atomic mass is 9.80. The van der Waals surface area contributed by atoms with E-state index in [0.717, 1.165) is 71.6 Å². The Kier molecular flexibility index (Phi) is 10.8. The molecular formula is C20H40IN5O2. The number of nitrogens with zero attached hydrogens (tertiary/aromatic N) is 3. The van der Waals surface area contributed by atoms with Crippen LogP contribution in [0.5, 0.6) is 0 Å². The first-order valence-corrected chi connectivity index (χ1v) is 10.9. The molecule has 2 saturated heterocycles. The van der Waals surface area contributed by atoms with Crippen molar-refractivity contribution < 1.29 is 9.47 Å². The molecule has 0 aromatic heterocycles. The summed E-state index contributed by atoms with van der Waals surface area (Å²) in [5.74, 6) is 0.924. The molecular weight excluding hydrogens is 469 g/mol. The number of morpholine rings is 2. The minimum absolute atomic E-state index is 0. The van der Waals surface area contributed by atoms with Crippen molar-refractivity contribution in [3.05, 3.63) is 0 Å². The Morgan fingerprint density at radius 1 is 1.07 bits per heavy atom. The first kappa shape index (κ1) is 24.1. The Bertz CT molecular complexity index is 468. The highest BCUT2D eigenvalue weighted by Gasteiger charge is 2.38. The van der Waals surface area contributed by atoms with Crippen LogP contribution in [0.3, 0.4) is 0 Å². The quantitative estimate of drug-likeness (QED) is 0.322. The standard InChI is InChI=1S/C20H39N5O2.HI/c1-3-21-19(22-15-18-16-24(2)9-14-27-18)23-17-20(7-5-4-6-8-20)25-10-12-26-13-11-25;/h18H,3-17H2,1-2H3,(H2,21,22,23);1H. The lowest BCUT2D eigenvalue weighted by Crippen LogP contribution is -2.57. The summed E-state index contributed by atoms with van der Waals surface area (Å²) >= 11 is 0. The van der Waals surface area contributed by atoms with Gasteiger partial charge in [0, 0.05) is 44.8 Å². The van der Waals surface area contributed by atoms with Gasteiger partial charge >= 0.3 is 0 Å². The number of guanidine groups is 1. The van der Waals surface area contributed by atoms with Crippen molar-refractivity contribution in [3.63, 3.8) is 0 Å². The van der Waals surface area contributed by atoms with Gasteiger partial charge in [0.2, 0.25) is 0 Å². The van der Waals surface area contributed by atoms with E-state index in [-0.39, 0.29) is 35.6 Å². The van der Waals surface area contributed by atoms with Crippen molar-refractivity contribution in [3.8, 4) is 0 Å². The maximum absolute atomic E-state index is 5.88. The Hall–Kier alpha value is -0.160. The molecule has 0 bridgehead atoms. The van der Waals surface area contributed by atoms with Gasteiger partial charge in [0.15, 0.2) is 5.96 Å². The molecule has 2 aliphatic heterocycles. The molecule has 1 saturated carbocycles. The molecule has 1 unspecified atom stereocenters. The number of aliphatic imine (C=N–C) groups is 1. The van der Waals surface area contributed by atoms with E-state index in [0.29, 0.717) is 0 Å². The highest BCUT2D eigenvalue weighted by atomic mass is 127. The maximum Gasteiger partial charge on any atom is 0.191 e. The molecule has 8 heteroatoms. The van der Waals surface area contributed by atoms with Gasteiger partial charge in [0.1, 0.15) is 0 Å². The third-order valence-corrected chi connectivity index (χ3v) is 6.18. The number of nitrogens with one attached hydrogen (secondary N) is 2. The lowest BCUT2D eigenvalue weighted by Gasteiger charge is -2.47. The van der Waals surface area contributed by atoms with Crippen LogP contribution in [0.2, 0.25) is 0 Å². The second-order valence-electron chi connectivity index (χ2n) is 8.22. The number of ether oxygens (including phenoxy) is 2. The van der Waals surface area contributed by atoms with Gasteiger partial charge in [0.25, 0.3) is 0 Å². The largest absolute Gasteiger partial charge is 0.379 e. The monoisotopic (exact) mass is 509 g/mol. The van der Waals surface area contributed by atoms with Crippen LogP contribution < -0.4 is 10.6 Å². The van der Waals surface area contributed by atoms with Crippen LogP contribution in [-0.2, 0) is 9.47 Å². The SMILES string of the molecule is CCNC(=NCC1(N2CCOCC2)CCCCC1)NCC1CN(C)CCO1.I. The van der Waals surface area contributed by atoms with Gasteiger partial charge in [-0.05, 0) is 26.8 Å². The molecule has 0 aromatic rings. The number of hydrogen-bond acceptors (Lipinski definition) is 5. The van der Waals surface area contributed by atoms with Crippen LogP contribution in [0.25, 0.3) is 0 Å². The van der Waals surface area contributed by atoms with Crippen LogP contribution in [-0.4, -0.2) is 100 Å². The Morgan fingerprint density at radius 2 is 1.82 bits per heavy atom. The van der Waals surface area contributed by atoms with Crippen LogP contribution in [0.15, 0.2) is 4.99 Å². The zero-order chi connectivity index (χ0) is 19.0. The number of hydrogen-bond donors (Lipinski definition) is 2. The zero-order valence-corrected chi connectivity index (χ0v) is 20.1. The normalized spacial score (nSPS) is 27.1. The molecule has 0 spiro atoms. The van der Waals surface area contributed by atoms with E-state index in [2.05, 4.69) is 34.4 Å². The minimum Gasteiger partial charge on any atom is -0.379 e. The van der Waals surface area contributed by atoms with Crippen molar-refractivity contribution in [1.29, 1.82) is 0 Å². The van der Waals surface area contributed by atoms with E-state index in [1.54, 1.807) is 0 Å². The summed E-state index contributed by atoms with van der Waals surface area (Å²) in [6, 6.07) is 0. The second kappa shape index (κ2) is 12.5. The highest BCUT2D eigenvalue weighted by Crippen LogP contribution is 2.34. The van der Waals surface area contributed by atoms with Gasteiger partial charge in [-0.2, -0.15) is 0 Å². The summed E-state index contributed by atoms with van der Waals surface area (Å²) in [7, 11) is 2.16. The van der Waals surface area contributed by atoms with Crippen LogP contribution in [0.1, 0.15) is 39.0 Å². The topological polar surface area (TPSA) is 61.4 Å². The van der Waals surface area contributed by atoms with Crippen LogP contribution in [0, 0.1) is 0 Å². The molecule has 0 amide bonds. The Labute approximate surface area is 188 Å². The van der Waals surface area contributed by atoms with Crippen molar-refractivity contribution in [1.82, 2.24) is 20.4 Å². The first-order valence-electron chi connectivity index (χ1n) is 10.9. The molecule has 1 atom stereocenters. The summed E-state index contributed by atoms with van der Waals surface area (Å²) in [6.45, 7) is 11.3. The predicted octanol–water partition coefficient (Wildman–Crippen LogP) is 1.53. The van der Waals surface area contributed by atoms with Crippen molar-refractivity contribution in [2.24, 2.45) is 4.99 Å². The van der Waals surface area contributed by atoms with Gasteiger partial charge in [0.05, 0.1) is 32.5 Å². The molecule has 3 fully saturated rings. The van der Waals surface area contributed by atoms with Crippen LogP contribution >= 0.6 is 24.0 Å². The summed E-state index contributed by atoms with van der Waals surface area (Å²) in [5.41, 5.74) is 0.214. The predicted molar refractivity (Wildman–Crippen MR) is 125 cm³/mol. The molecule has 7 nitrogen and oxygen atoms in total. The number of likely N-dealkylation sites (N-methyl/N-ethyl adjacent to an activating group) is 1. The van der Waals surface area contributed by atoms with Gasteiger partial charge in [-0.15, -0.1) is 24.0 Å². The summed E-state index contributed by atoms with van der Waals surface area (Å²) in [5, 5.41) is 6.93. The third-order valence-electron chi connectivity index (χ3n) is 6.18. The molecule has 3 rings (SSSR count). The minimum atomic E-state index is 0. The van der Waals surface area contributed by atoms with E-state index in [9.17, 15) is 0 Å². The van der Waals surface area contributed by atoms with Crippen molar-refractivity contribution >= 4 is 29.9 Å². The smallest absolute Gasteiger partial charge is 0.191 e. The number of halogens is 1. The molecule has 2 heterocycles. The van der Waals surface area contributed by atoms with E-state index in [1.807, 2.05) is 0 Å². The molecule has 28 heavy (non-hydrogen) atoms.